The fourth-order valence-corrected chi connectivity index (χ4v) is 12.1. The Morgan fingerprint density at radius 1 is 0.879 bits per heavy atom. The molecule has 3 aromatic rings. The number of hydrogen-bond acceptors (Lipinski definition) is 12. The van der Waals surface area contributed by atoms with Gasteiger partial charge in [-0.05, 0) is 78.4 Å². The summed E-state index contributed by atoms with van der Waals surface area (Å²) < 4.78 is 32.4. The van der Waals surface area contributed by atoms with Crippen LogP contribution in [0.25, 0.3) is 0 Å². The lowest BCUT2D eigenvalue weighted by molar-refractivity contribution is -0.340. The van der Waals surface area contributed by atoms with E-state index in [2.05, 4.69) is 5.32 Å². The fourth-order valence-electron chi connectivity index (χ4n) is 10.8. The average Bonchev–Trinajstić information content (AvgIpc) is 3.26. The van der Waals surface area contributed by atoms with Gasteiger partial charge in [0, 0.05) is 29.7 Å². The number of amides is 1. The highest BCUT2D eigenvalue weighted by molar-refractivity contribution is 6.74. The minimum absolute atomic E-state index is 0.110. The van der Waals surface area contributed by atoms with Gasteiger partial charge in [0.1, 0.15) is 30.0 Å². The number of ketones is 1. The number of fused-ring (bicyclic) bond motifs is 5. The molecule has 1 amide bonds. The number of Topliss-reactive ketones (excluding diaryl/α,β-unsaturated/α-hetero) is 1. The van der Waals surface area contributed by atoms with Crippen LogP contribution in [0.3, 0.4) is 0 Å². The second-order valence-corrected chi connectivity index (χ2v) is 25.8. The minimum atomic E-state index is -2.87. The minimum Gasteiger partial charge on any atom is -0.456 e. The standard InChI is InChI=1S/C52H65NO12Si/c1-30-27-37-51(29-61-37,64-32(3)54)42-44(63-46(58)35-25-19-14-20-26-35)52(60)28-36(31(2)38(49(52,7)8)40(55)43(56)50(30,42)9)62-47(59)41(65-66(10,11)48(4,5)6)39(33-21-15-12-16-22-33)53-45(57)34-23-17-13-18-24-34/h12-26,30,36-37,39-42,44,55,60H,27-29H2,1-11H3,(H,53,57)/t30-,36?,37?,39-,40+,41+,42-,44-,50+,51-,52+/m0/s1. The normalized spacial score (nSPS) is 31.3. The van der Waals surface area contributed by atoms with Crippen LogP contribution < -0.4 is 5.32 Å². The highest BCUT2D eigenvalue weighted by Gasteiger charge is 2.77. The Morgan fingerprint density at radius 2 is 1.44 bits per heavy atom. The number of carbonyl (C=O) groups excluding carboxylic acids is 5. The molecule has 2 bridgehead atoms. The first kappa shape index (κ1) is 48.9. The summed E-state index contributed by atoms with van der Waals surface area (Å²) in [6.45, 7) is 19.6. The topological polar surface area (TPSA) is 184 Å². The average molecular weight is 924 g/mol. The van der Waals surface area contributed by atoms with Crippen molar-refractivity contribution in [2.24, 2.45) is 22.7 Å². The Kier molecular flexibility index (Phi) is 13.0. The number of rotatable bonds is 11. The van der Waals surface area contributed by atoms with Crippen LogP contribution in [0.1, 0.15) is 107 Å². The highest BCUT2D eigenvalue weighted by Crippen LogP contribution is 2.65. The summed E-state index contributed by atoms with van der Waals surface area (Å²) >= 11 is 0. The zero-order valence-electron chi connectivity index (χ0n) is 39.9. The predicted molar refractivity (Wildman–Crippen MR) is 247 cm³/mol. The van der Waals surface area contributed by atoms with Gasteiger partial charge in [0.2, 0.25) is 0 Å². The maximum atomic E-state index is 15.4. The molecule has 3 aromatic carbocycles. The molecule has 13 nitrogen and oxygen atoms in total. The third kappa shape index (κ3) is 8.16. The van der Waals surface area contributed by atoms with E-state index in [0.29, 0.717) is 16.7 Å². The molecule has 0 aromatic heterocycles. The van der Waals surface area contributed by atoms with Gasteiger partial charge < -0.3 is 38.9 Å². The molecular weight excluding hydrogens is 859 g/mol. The van der Waals surface area contributed by atoms with Crippen molar-refractivity contribution in [3.63, 3.8) is 0 Å². The molecule has 1 heterocycles. The molecule has 1 saturated heterocycles. The number of esters is 3. The van der Waals surface area contributed by atoms with Crippen molar-refractivity contribution in [3.05, 3.63) is 119 Å². The van der Waals surface area contributed by atoms with Crippen LogP contribution in [0, 0.1) is 22.7 Å². The van der Waals surface area contributed by atoms with E-state index in [1.807, 2.05) is 46.9 Å². The van der Waals surface area contributed by atoms with Crippen molar-refractivity contribution in [1.82, 2.24) is 5.32 Å². The van der Waals surface area contributed by atoms with Crippen molar-refractivity contribution >= 4 is 37.9 Å². The SMILES string of the molecule is CC(=O)O[C@@]12COC1C[C@H](C)[C@@]1(C)C(=O)[C@H](O)C3=C(C)C(OC(=O)[C@H](O[Si](C)(C)C(C)(C)C)[C@@H](NC(=O)c4ccccc4)c4ccccc4)C[C@@](O)([C@@H](OC(=O)c4ccccc4)[C@@H]12)C3(C)C. The maximum Gasteiger partial charge on any atom is 0.338 e. The zero-order valence-corrected chi connectivity index (χ0v) is 40.9. The zero-order chi connectivity index (χ0) is 48.4. The number of aliphatic hydroxyl groups excluding tert-OH is 1. The molecule has 11 atom stereocenters. The van der Waals surface area contributed by atoms with Crippen molar-refractivity contribution in [2.75, 3.05) is 6.61 Å². The molecular formula is C52H65NO12Si. The third-order valence-electron chi connectivity index (χ3n) is 15.9. The van der Waals surface area contributed by atoms with Gasteiger partial charge in [-0.25, -0.2) is 9.59 Å². The smallest absolute Gasteiger partial charge is 0.338 e. The molecule has 2 saturated carbocycles. The van der Waals surface area contributed by atoms with E-state index in [0.717, 1.165) is 0 Å². The fraction of sp³-hybridized carbons (Fsp3) is 0.519. The number of carbonyl (C=O) groups is 5. The molecule has 3 aliphatic carbocycles. The quantitative estimate of drug-likeness (QED) is 0.0748. The number of hydrogen-bond donors (Lipinski definition) is 3. The molecule has 3 N–H and O–H groups in total. The predicted octanol–water partition coefficient (Wildman–Crippen LogP) is 7.47. The van der Waals surface area contributed by atoms with Crippen LogP contribution in [0.15, 0.2) is 102 Å². The molecule has 1 aliphatic heterocycles. The summed E-state index contributed by atoms with van der Waals surface area (Å²) in [5, 5.41) is 29.1. The van der Waals surface area contributed by atoms with E-state index in [1.54, 1.807) is 113 Å². The van der Waals surface area contributed by atoms with E-state index in [9.17, 15) is 24.6 Å². The van der Waals surface area contributed by atoms with Gasteiger partial charge in [0.15, 0.2) is 25.8 Å². The Hall–Kier alpha value is -4.99. The lowest BCUT2D eigenvalue weighted by Gasteiger charge is -2.68. The van der Waals surface area contributed by atoms with Crippen LogP contribution in [-0.2, 0) is 37.8 Å². The summed E-state index contributed by atoms with van der Waals surface area (Å²) in [5.41, 5.74) is -5.34. The summed E-state index contributed by atoms with van der Waals surface area (Å²) in [5.74, 6) is -5.20. The van der Waals surface area contributed by atoms with E-state index in [4.69, 9.17) is 23.4 Å². The van der Waals surface area contributed by atoms with Gasteiger partial charge in [0.25, 0.3) is 5.91 Å². The monoisotopic (exact) mass is 923 g/mol. The van der Waals surface area contributed by atoms with Gasteiger partial charge in [-0.3, -0.25) is 14.4 Å². The molecule has 14 heteroatoms. The van der Waals surface area contributed by atoms with Crippen molar-refractivity contribution in [3.8, 4) is 0 Å². The lowest BCUT2D eigenvalue weighted by atomic mass is 9.43. The largest absolute Gasteiger partial charge is 0.456 e. The molecule has 354 valence electrons. The van der Waals surface area contributed by atoms with Gasteiger partial charge in [-0.15, -0.1) is 0 Å². The Morgan fingerprint density at radius 3 is 1.97 bits per heavy atom. The van der Waals surface area contributed by atoms with Crippen LogP contribution >= 0.6 is 0 Å². The molecule has 7 rings (SSSR count). The van der Waals surface area contributed by atoms with Crippen LogP contribution in [-0.4, -0.2) is 96.5 Å². The maximum absolute atomic E-state index is 15.4. The second kappa shape index (κ2) is 17.6. The first-order valence-corrected chi connectivity index (χ1v) is 25.7. The van der Waals surface area contributed by atoms with Gasteiger partial charge in [0.05, 0.1) is 24.1 Å². The lowest BCUT2D eigenvalue weighted by Crippen LogP contribution is -2.80. The summed E-state index contributed by atoms with van der Waals surface area (Å²) in [6.07, 6.45) is -7.04. The van der Waals surface area contributed by atoms with Crippen LogP contribution in [0.4, 0.5) is 0 Å². The number of ether oxygens (including phenoxy) is 4. The van der Waals surface area contributed by atoms with Crippen molar-refractivity contribution in [1.29, 1.82) is 0 Å². The summed E-state index contributed by atoms with van der Waals surface area (Å²) in [7, 11) is -2.87. The molecule has 2 unspecified atom stereocenters. The first-order chi connectivity index (χ1) is 30.8. The Bertz CT molecular complexity index is 2380. The van der Waals surface area contributed by atoms with Gasteiger partial charge in [-0.1, -0.05) is 115 Å². The molecule has 4 aliphatic rings. The van der Waals surface area contributed by atoms with Crippen molar-refractivity contribution in [2.45, 2.75) is 141 Å². The van der Waals surface area contributed by atoms with E-state index in [1.165, 1.54) is 6.92 Å². The van der Waals surface area contributed by atoms with Crippen LogP contribution in [0.5, 0.6) is 0 Å². The summed E-state index contributed by atoms with van der Waals surface area (Å²) in [6, 6.07) is 24.7. The molecule has 3 fully saturated rings. The molecule has 0 radical (unpaired) electrons. The first-order valence-electron chi connectivity index (χ1n) is 22.8. The molecule has 0 spiro atoms. The number of aliphatic hydroxyl groups is 2. The van der Waals surface area contributed by atoms with Gasteiger partial charge >= 0.3 is 17.9 Å². The highest BCUT2D eigenvalue weighted by atomic mass is 28.4. The second-order valence-electron chi connectivity index (χ2n) is 21.0. The van der Waals surface area contributed by atoms with E-state index in [-0.39, 0.29) is 30.6 Å². The third-order valence-corrected chi connectivity index (χ3v) is 20.3. The Balaban J connectivity index is 1.40. The van der Waals surface area contributed by atoms with E-state index >= 15 is 9.59 Å². The van der Waals surface area contributed by atoms with Gasteiger partial charge in [-0.2, -0.15) is 0 Å². The number of nitrogens with one attached hydrogen (secondary N) is 1. The van der Waals surface area contributed by atoms with E-state index < -0.39 is 113 Å². The van der Waals surface area contributed by atoms with Crippen LogP contribution in [0.2, 0.25) is 18.1 Å². The summed E-state index contributed by atoms with van der Waals surface area (Å²) in [4.78, 5) is 72.3. The molecule has 66 heavy (non-hydrogen) atoms. The Labute approximate surface area is 388 Å². The number of benzene rings is 3. The van der Waals surface area contributed by atoms with Crippen molar-refractivity contribution < 1.29 is 57.6 Å².